The van der Waals surface area contributed by atoms with Gasteiger partial charge in [0.05, 0.1) is 0 Å². The fourth-order valence-electron chi connectivity index (χ4n) is 2.97. The fraction of sp³-hybridized carbons (Fsp3) is 0.950. The van der Waals surface area contributed by atoms with Crippen molar-refractivity contribution < 1.29 is 9.90 Å². The van der Waals surface area contributed by atoms with E-state index in [2.05, 4.69) is 31.6 Å². The fourth-order valence-corrected chi connectivity index (χ4v) is 6.07. The molecule has 1 heterocycles. The summed E-state index contributed by atoms with van der Waals surface area (Å²) >= 11 is 0. The number of unbranched alkanes of at least 4 members (excludes halogenated alkanes) is 6. The summed E-state index contributed by atoms with van der Waals surface area (Å²) in [6.45, 7) is 6.59. The summed E-state index contributed by atoms with van der Waals surface area (Å²) in [5.41, 5.74) is 0. The molecular weight excluding hydrogens is 336 g/mol. The molecule has 1 saturated heterocycles. The van der Waals surface area contributed by atoms with Crippen LogP contribution in [0, 0.1) is 5.92 Å². The van der Waals surface area contributed by atoms with Crippen molar-refractivity contribution in [2.24, 2.45) is 5.92 Å². The molecule has 4 heteroatoms. The van der Waals surface area contributed by atoms with Crippen molar-refractivity contribution in [1.82, 2.24) is 0 Å². The Hall–Kier alpha value is 0.170. The van der Waals surface area contributed by atoms with Crippen LogP contribution in [0.1, 0.15) is 104 Å². The standard InChI is InChI=1S/C14H28O2.C6H12S2/c1-3-5-6-7-8-9-10-11-13(4-2)12-14(15)16;1-2-3-6-4-5-7-8-6/h13H,3-12H2,1-2H3,(H,15,16);6H,2-5H2,1H3. The topological polar surface area (TPSA) is 37.3 Å². The van der Waals surface area contributed by atoms with Crippen LogP contribution in [0.5, 0.6) is 0 Å². The van der Waals surface area contributed by atoms with Gasteiger partial charge in [-0.15, -0.1) is 0 Å². The number of carboxylic acids is 1. The number of aliphatic carboxylic acids is 1. The maximum atomic E-state index is 10.6. The molecule has 144 valence electrons. The van der Waals surface area contributed by atoms with Gasteiger partial charge in [0.1, 0.15) is 0 Å². The molecule has 1 fully saturated rings. The van der Waals surface area contributed by atoms with Crippen LogP contribution < -0.4 is 0 Å². The number of rotatable bonds is 13. The molecule has 0 saturated carbocycles. The van der Waals surface area contributed by atoms with Gasteiger partial charge in [-0.3, -0.25) is 4.79 Å². The molecule has 1 aliphatic heterocycles. The first-order chi connectivity index (χ1) is 11.6. The van der Waals surface area contributed by atoms with Crippen molar-refractivity contribution in [2.45, 2.75) is 109 Å². The predicted octanol–water partition coefficient (Wildman–Crippen LogP) is 7.57. The lowest BCUT2D eigenvalue weighted by Gasteiger charge is -2.11. The van der Waals surface area contributed by atoms with Gasteiger partial charge in [0, 0.05) is 17.4 Å². The average molecular weight is 377 g/mol. The van der Waals surface area contributed by atoms with Crippen LogP contribution in [-0.4, -0.2) is 22.1 Å². The number of carboxylic acid groups (broad SMARTS) is 1. The van der Waals surface area contributed by atoms with Crippen LogP contribution in [0.25, 0.3) is 0 Å². The summed E-state index contributed by atoms with van der Waals surface area (Å²) in [5.74, 6) is 1.14. The molecule has 2 nitrogen and oxygen atoms in total. The van der Waals surface area contributed by atoms with Gasteiger partial charge in [0.25, 0.3) is 0 Å². The van der Waals surface area contributed by atoms with E-state index >= 15 is 0 Å². The average Bonchev–Trinajstić information content (AvgIpc) is 3.06. The number of hydrogen-bond acceptors (Lipinski definition) is 3. The minimum absolute atomic E-state index is 0.354. The van der Waals surface area contributed by atoms with Gasteiger partial charge in [0.2, 0.25) is 0 Å². The molecule has 0 aromatic rings. The van der Waals surface area contributed by atoms with Crippen LogP contribution >= 0.6 is 21.6 Å². The van der Waals surface area contributed by atoms with Crippen LogP contribution in [0.3, 0.4) is 0 Å². The molecule has 1 rings (SSSR count). The lowest BCUT2D eigenvalue weighted by Crippen LogP contribution is -2.06. The molecule has 1 aliphatic rings. The molecule has 0 bridgehead atoms. The molecule has 0 aliphatic carbocycles. The van der Waals surface area contributed by atoms with Gasteiger partial charge in [-0.25, -0.2) is 0 Å². The molecule has 0 radical (unpaired) electrons. The van der Waals surface area contributed by atoms with Crippen molar-refractivity contribution in [3.8, 4) is 0 Å². The van der Waals surface area contributed by atoms with Gasteiger partial charge >= 0.3 is 5.97 Å². The second-order valence-corrected chi connectivity index (χ2v) is 9.69. The Morgan fingerprint density at radius 3 is 2.21 bits per heavy atom. The summed E-state index contributed by atoms with van der Waals surface area (Å²) in [5, 5.41) is 9.71. The Balaban J connectivity index is 0.000000546. The van der Waals surface area contributed by atoms with E-state index in [0.717, 1.165) is 18.1 Å². The Morgan fingerprint density at radius 1 is 1.04 bits per heavy atom. The van der Waals surface area contributed by atoms with E-state index in [1.54, 1.807) is 0 Å². The lowest BCUT2D eigenvalue weighted by molar-refractivity contribution is -0.138. The van der Waals surface area contributed by atoms with E-state index < -0.39 is 5.97 Å². The summed E-state index contributed by atoms with van der Waals surface area (Å²) in [6.07, 6.45) is 15.9. The van der Waals surface area contributed by atoms with Gasteiger partial charge in [-0.2, -0.15) is 0 Å². The SMILES string of the molecule is CCCC1CCSS1.CCCCCCCCCC(CC)CC(=O)O. The smallest absolute Gasteiger partial charge is 0.303 e. The van der Waals surface area contributed by atoms with Crippen LogP contribution in [0.2, 0.25) is 0 Å². The zero-order valence-electron chi connectivity index (χ0n) is 16.2. The minimum Gasteiger partial charge on any atom is -0.481 e. The third-order valence-corrected chi connectivity index (χ3v) is 7.60. The molecule has 0 spiro atoms. The van der Waals surface area contributed by atoms with Crippen molar-refractivity contribution in [3.63, 3.8) is 0 Å². The lowest BCUT2D eigenvalue weighted by atomic mass is 9.95. The zero-order chi connectivity index (χ0) is 18.0. The van der Waals surface area contributed by atoms with Crippen molar-refractivity contribution in [1.29, 1.82) is 0 Å². The van der Waals surface area contributed by atoms with Crippen molar-refractivity contribution >= 4 is 27.6 Å². The normalized spacial score (nSPS) is 18.0. The first-order valence-electron chi connectivity index (χ1n) is 10.1. The molecule has 1 N–H and O–H groups in total. The molecular formula is C20H40O2S2. The van der Waals surface area contributed by atoms with Crippen molar-refractivity contribution in [3.05, 3.63) is 0 Å². The van der Waals surface area contributed by atoms with Crippen molar-refractivity contribution in [2.75, 3.05) is 5.75 Å². The highest BCUT2D eigenvalue weighted by Gasteiger charge is 2.14. The second-order valence-electron chi connectivity index (χ2n) is 6.90. The van der Waals surface area contributed by atoms with E-state index in [9.17, 15) is 4.79 Å². The Bertz CT molecular complexity index is 279. The summed E-state index contributed by atoms with van der Waals surface area (Å²) in [7, 11) is 4.12. The highest BCUT2D eigenvalue weighted by atomic mass is 33.1. The van der Waals surface area contributed by atoms with Gasteiger partial charge in [-0.1, -0.05) is 100 Å². The maximum absolute atomic E-state index is 10.6. The molecule has 0 aromatic heterocycles. The number of carbonyl (C=O) groups is 1. The maximum Gasteiger partial charge on any atom is 0.303 e. The number of hydrogen-bond donors (Lipinski definition) is 1. The van der Waals surface area contributed by atoms with Gasteiger partial charge in [-0.05, 0) is 25.2 Å². The minimum atomic E-state index is -0.644. The highest BCUT2D eigenvalue weighted by Crippen LogP contribution is 2.39. The van der Waals surface area contributed by atoms with Gasteiger partial charge < -0.3 is 5.11 Å². The predicted molar refractivity (Wildman–Crippen MR) is 112 cm³/mol. The van der Waals surface area contributed by atoms with E-state index in [0.29, 0.717) is 12.3 Å². The first-order valence-corrected chi connectivity index (χ1v) is 12.5. The monoisotopic (exact) mass is 376 g/mol. The highest BCUT2D eigenvalue weighted by molar-refractivity contribution is 8.77. The van der Waals surface area contributed by atoms with Crippen LogP contribution in [0.15, 0.2) is 0 Å². The van der Waals surface area contributed by atoms with Gasteiger partial charge in [0.15, 0.2) is 0 Å². The quantitative estimate of drug-likeness (QED) is 0.266. The summed E-state index contributed by atoms with van der Waals surface area (Å²) in [6, 6.07) is 0. The Labute approximate surface area is 158 Å². The summed E-state index contributed by atoms with van der Waals surface area (Å²) in [4.78, 5) is 10.6. The Kier molecular flexibility index (Phi) is 18.1. The largest absolute Gasteiger partial charge is 0.481 e. The Morgan fingerprint density at radius 2 is 1.71 bits per heavy atom. The third-order valence-electron chi connectivity index (χ3n) is 4.59. The molecule has 2 atom stereocenters. The third kappa shape index (κ3) is 15.7. The first kappa shape index (κ1) is 24.2. The summed E-state index contributed by atoms with van der Waals surface area (Å²) < 4.78 is 0. The molecule has 0 aromatic carbocycles. The van der Waals surface area contributed by atoms with E-state index in [1.807, 2.05) is 10.8 Å². The van der Waals surface area contributed by atoms with E-state index in [-0.39, 0.29) is 0 Å². The molecule has 24 heavy (non-hydrogen) atoms. The molecule has 0 amide bonds. The van der Waals surface area contributed by atoms with Crippen LogP contribution in [-0.2, 0) is 4.79 Å². The molecule has 2 unspecified atom stereocenters. The zero-order valence-corrected chi connectivity index (χ0v) is 17.9. The second kappa shape index (κ2) is 18.0. The van der Waals surface area contributed by atoms with E-state index in [1.165, 1.54) is 70.0 Å². The van der Waals surface area contributed by atoms with Crippen LogP contribution in [0.4, 0.5) is 0 Å². The van der Waals surface area contributed by atoms with E-state index in [4.69, 9.17) is 5.11 Å².